The molecule has 2 aromatic carbocycles. The summed E-state index contributed by atoms with van der Waals surface area (Å²) in [6.07, 6.45) is 3.38. The van der Waals surface area contributed by atoms with Gasteiger partial charge in [0.1, 0.15) is 11.5 Å². The van der Waals surface area contributed by atoms with E-state index in [4.69, 9.17) is 0 Å². The van der Waals surface area contributed by atoms with E-state index in [1.165, 1.54) is 22.4 Å². The van der Waals surface area contributed by atoms with Crippen molar-refractivity contribution >= 4 is 0 Å². The lowest BCUT2D eigenvalue weighted by Crippen LogP contribution is -1.98. The van der Waals surface area contributed by atoms with Crippen LogP contribution in [0, 0.1) is 18.6 Å². The third-order valence-electron chi connectivity index (χ3n) is 3.12. The first-order valence-electron chi connectivity index (χ1n) is 6.20. The lowest BCUT2D eigenvalue weighted by Gasteiger charge is -2.02. The summed E-state index contributed by atoms with van der Waals surface area (Å²) in [6, 6.07) is 11.4. The van der Waals surface area contributed by atoms with E-state index >= 15 is 0 Å². The minimum absolute atomic E-state index is 0.227. The molecule has 20 heavy (non-hydrogen) atoms. The second kappa shape index (κ2) is 4.89. The van der Waals surface area contributed by atoms with Crippen molar-refractivity contribution in [3.63, 3.8) is 0 Å². The molecule has 0 amide bonds. The quantitative estimate of drug-likeness (QED) is 0.684. The average Bonchev–Trinajstić information content (AvgIpc) is 2.89. The minimum atomic E-state index is -0.636. The fourth-order valence-corrected chi connectivity index (χ4v) is 2.02. The number of hydrogen-bond acceptors (Lipinski definition) is 1. The molecule has 2 nitrogen and oxygen atoms in total. The third-order valence-corrected chi connectivity index (χ3v) is 3.12. The number of halogens is 2. The Balaban J connectivity index is 1.99. The van der Waals surface area contributed by atoms with Gasteiger partial charge in [0, 0.05) is 17.8 Å². The molecule has 0 unspecified atom stereocenters. The molecule has 0 aliphatic carbocycles. The van der Waals surface area contributed by atoms with Gasteiger partial charge in [-0.3, -0.25) is 0 Å². The maximum atomic E-state index is 13.7. The van der Waals surface area contributed by atoms with Crippen LogP contribution < -0.4 is 0 Å². The van der Waals surface area contributed by atoms with Gasteiger partial charge in [0.05, 0.1) is 6.20 Å². The molecule has 0 fully saturated rings. The summed E-state index contributed by atoms with van der Waals surface area (Å²) in [5.41, 5.74) is 3.29. The van der Waals surface area contributed by atoms with E-state index in [9.17, 15) is 8.78 Å². The number of aromatic nitrogens is 2. The van der Waals surface area contributed by atoms with Crippen molar-refractivity contribution in [1.82, 2.24) is 9.78 Å². The molecule has 4 heteroatoms. The predicted octanol–water partition coefficient (Wildman–Crippen LogP) is 4.13. The Labute approximate surface area is 115 Å². The van der Waals surface area contributed by atoms with Crippen molar-refractivity contribution in [1.29, 1.82) is 0 Å². The van der Waals surface area contributed by atoms with Gasteiger partial charge >= 0.3 is 0 Å². The van der Waals surface area contributed by atoms with E-state index in [0.29, 0.717) is 0 Å². The summed E-state index contributed by atoms with van der Waals surface area (Å²) < 4.78 is 28.0. The number of aryl methyl sites for hydroxylation is 1. The predicted molar refractivity (Wildman–Crippen MR) is 73.7 cm³/mol. The van der Waals surface area contributed by atoms with Gasteiger partial charge < -0.3 is 0 Å². The maximum Gasteiger partial charge on any atom is 0.151 e. The highest BCUT2D eigenvalue weighted by molar-refractivity contribution is 5.62. The summed E-state index contributed by atoms with van der Waals surface area (Å²) in [7, 11) is 0. The molecule has 1 aromatic heterocycles. The van der Waals surface area contributed by atoms with Crippen molar-refractivity contribution < 1.29 is 8.78 Å². The van der Waals surface area contributed by atoms with Gasteiger partial charge in [-0.05, 0) is 24.6 Å². The molecule has 100 valence electrons. The summed E-state index contributed by atoms with van der Waals surface area (Å²) in [6.45, 7) is 2.01. The number of hydrogen-bond donors (Lipinski definition) is 0. The van der Waals surface area contributed by atoms with Crippen LogP contribution in [-0.4, -0.2) is 9.78 Å². The molecular weight excluding hydrogens is 258 g/mol. The van der Waals surface area contributed by atoms with E-state index in [2.05, 4.69) is 5.10 Å². The monoisotopic (exact) mass is 270 g/mol. The first kappa shape index (κ1) is 12.5. The van der Waals surface area contributed by atoms with Gasteiger partial charge in [-0.1, -0.05) is 29.8 Å². The van der Waals surface area contributed by atoms with Crippen LogP contribution in [0.1, 0.15) is 5.56 Å². The Bertz CT molecular complexity index is 745. The summed E-state index contributed by atoms with van der Waals surface area (Å²) >= 11 is 0. The second-order valence-corrected chi connectivity index (χ2v) is 4.64. The van der Waals surface area contributed by atoms with Gasteiger partial charge in [0.15, 0.2) is 5.82 Å². The molecule has 3 aromatic rings. The summed E-state index contributed by atoms with van der Waals surface area (Å²) in [5, 5.41) is 4.13. The zero-order valence-electron chi connectivity index (χ0n) is 10.8. The first-order valence-corrected chi connectivity index (χ1v) is 6.20. The van der Waals surface area contributed by atoms with Crippen LogP contribution in [0.2, 0.25) is 0 Å². The van der Waals surface area contributed by atoms with Gasteiger partial charge in [-0.15, -0.1) is 0 Å². The lowest BCUT2D eigenvalue weighted by atomic mass is 10.1. The molecule has 0 aliphatic rings. The summed E-state index contributed by atoms with van der Waals surface area (Å²) in [5.74, 6) is -1.24. The van der Waals surface area contributed by atoms with Crippen molar-refractivity contribution in [2.24, 2.45) is 0 Å². The van der Waals surface area contributed by atoms with E-state index < -0.39 is 11.6 Å². The molecule has 0 saturated carbocycles. The number of rotatable bonds is 2. The van der Waals surface area contributed by atoms with Crippen molar-refractivity contribution in [2.75, 3.05) is 0 Å². The van der Waals surface area contributed by atoms with Crippen LogP contribution >= 0.6 is 0 Å². The molecule has 0 radical (unpaired) electrons. The van der Waals surface area contributed by atoms with Crippen LogP contribution in [0.3, 0.4) is 0 Å². The first-order chi connectivity index (χ1) is 9.63. The molecule has 0 aliphatic heterocycles. The van der Waals surface area contributed by atoms with E-state index in [1.807, 2.05) is 31.2 Å². The van der Waals surface area contributed by atoms with Crippen molar-refractivity contribution in [3.05, 3.63) is 72.1 Å². The number of nitrogens with zero attached hydrogens (tertiary/aromatic N) is 2. The van der Waals surface area contributed by atoms with Gasteiger partial charge in [0.25, 0.3) is 0 Å². The second-order valence-electron chi connectivity index (χ2n) is 4.64. The Kier molecular flexibility index (Phi) is 3.06. The zero-order chi connectivity index (χ0) is 14.1. The Morgan fingerprint density at radius 2 is 1.70 bits per heavy atom. The standard InChI is InChI=1S/C16H12F2N2/c1-11-2-4-12(5-3-11)13-9-19-20(10-13)16-7-6-14(17)8-15(16)18/h2-10H,1H3. The van der Waals surface area contributed by atoms with E-state index in [-0.39, 0.29) is 5.69 Å². The molecule has 0 N–H and O–H groups in total. The van der Waals surface area contributed by atoms with E-state index in [0.717, 1.165) is 17.2 Å². The molecule has 0 spiro atoms. The van der Waals surface area contributed by atoms with Gasteiger partial charge in [-0.25, -0.2) is 13.5 Å². The van der Waals surface area contributed by atoms with Crippen LogP contribution in [-0.2, 0) is 0 Å². The molecule has 3 rings (SSSR count). The summed E-state index contributed by atoms with van der Waals surface area (Å²) in [4.78, 5) is 0. The zero-order valence-corrected chi connectivity index (χ0v) is 10.8. The Hall–Kier alpha value is -2.49. The molecule has 1 heterocycles. The van der Waals surface area contributed by atoms with Crippen LogP contribution in [0.25, 0.3) is 16.8 Å². The number of benzene rings is 2. The minimum Gasteiger partial charge on any atom is -0.237 e. The topological polar surface area (TPSA) is 17.8 Å². The lowest BCUT2D eigenvalue weighted by molar-refractivity contribution is 0.573. The Morgan fingerprint density at radius 1 is 0.950 bits per heavy atom. The third kappa shape index (κ3) is 2.32. The van der Waals surface area contributed by atoms with Crippen molar-refractivity contribution in [3.8, 4) is 16.8 Å². The van der Waals surface area contributed by atoms with Crippen LogP contribution in [0.5, 0.6) is 0 Å². The molecule has 0 saturated heterocycles. The van der Waals surface area contributed by atoms with Crippen LogP contribution in [0.4, 0.5) is 8.78 Å². The van der Waals surface area contributed by atoms with Gasteiger partial charge in [-0.2, -0.15) is 5.10 Å². The highest BCUT2D eigenvalue weighted by atomic mass is 19.1. The largest absolute Gasteiger partial charge is 0.237 e. The van der Waals surface area contributed by atoms with Crippen LogP contribution in [0.15, 0.2) is 54.9 Å². The normalized spacial score (nSPS) is 10.8. The maximum absolute atomic E-state index is 13.7. The smallest absolute Gasteiger partial charge is 0.151 e. The van der Waals surface area contributed by atoms with E-state index in [1.54, 1.807) is 12.4 Å². The highest BCUT2D eigenvalue weighted by Crippen LogP contribution is 2.21. The molecule has 0 bridgehead atoms. The molecular formula is C16H12F2N2. The van der Waals surface area contributed by atoms with Crippen molar-refractivity contribution in [2.45, 2.75) is 6.92 Å². The fourth-order valence-electron chi connectivity index (χ4n) is 2.02. The average molecular weight is 270 g/mol. The Morgan fingerprint density at radius 3 is 2.40 bits per heavy atom. The fraction of sp³-hybridized carbons (Fsp3) is 0.0625. The molecule has 0 atom stereocenters. The highest BCUT2D eigenvalue weighted by Gasteiger charge is 2.08. The SMILES string of the molecule is Cc1ccc(-c2cnn(-c3ccc(F)cc3F)c2)cc1. The van der Waals surface area contributed by atoms with Gasteiger partial charge in [0.2, 0.25) is 0 Å².